The van der Waals surface area contributed by atoms with E-state index in [1.54, 1.807) is 37.5 Å². The molecule has 0 saturated carbocycles. The molecule has 1 aromatic carbocycles. The van der Waals surface area contributed by atoms with Crippen molar-refractivity contribution in [1.29, 1.82) is 0 Å². The number of anilines is 2. The summed E-state index contributed by atoms with van der Waals surface area (Å²) < 4.78 is 0. The average Bonchev–Trinajstić information content (AvgIpc) is 2.41. The number of phenols is 1. The Morgan fingerprint density at radius 3 is 2.61 bits per heavy atom. The maximum atomic E-state index is 12.0. The molecule has 2 aromatic rings. The van der Waals surface area contributed by atoms with E-state index in [0.717, 1.165) is 0 Å². The average molecular weight is 243 g/mol. The Kier molecular flexibility index (Phi) is 3.43. The van der Waals surface area contributed by atoms with E-state index >= 15 is 0 Å². The Morgan fingerprint density at radius 2 is 1.94 bits per heavy atom. The van der Waals surface area contributed by atoms with Gasteiger partial charge < -0.3 is 15.7 Å². The molecule has 5 heteroatoms. The third-order valence-electron chi connectivity index (χ3n) is 2.41. The second-order valence-electron chi connectivity index (χ2n) is 3.65. The van der Waals surface area contributed by atoms with Crippen molar-refractivity contribution in [1.82, 2.24) is 4.98 Å². The highest BCUT2D eigenvalue weighted by molar-refractivity contribution is 6.07. The second-order valence-corrected chi connectivity index (χ2v) is 3.65. The summed E-state index contributed by atoms with van der Waals surface area (Å²) in [7, 11) is 1.71. The van der Waals surface area contributed by atoms with Gasteiger partial charge in [-0.05, 0) is 36.4 Å². The molecule has 0 aliphatic rings. The Labute approximate surface area is 104 Å². The molecule has 3 N–H and O–H groups in total. The van der Waals surface area contributed by atoms with Crippen LogP contribution in [0.2, 0.25) is 0 Å². The van der Waals surface area contributed by atoms with Gasteiger partial charge in [-0.25, -0.2) is 4.98 Å². The van der Waals surface area contributed by atoms with E-state index < -0.39 is 0 Å². The molecule has 0 aliphatic heterocycles. The molecule has 0 spiro atoms. The molecule has 0 aliphatic carbocycles. The highest BCUT2D eigenvalue weighted by Gasteiger charge is 2.11. The number of rotatable bonds is 3. The number of phenolic OH excluding ortho intramolecular Hbond substituents is 1. The lowest BCUT2D eigenvalue weighted by molar-refractivity contribution is 0.102. The van der Waals surface area contributed by atoms with Crippen LogP contribution in [0.3, 0.4) is 0 Å². The summed E-state index contributed by atoms with van der Waals surface area (Å²) in [5.74, 6) is 0.428. The standard InChI is InChI=1S/C13H13N3O2/c1-14-12-11(3-2-8-15-12)13(18)16-9-4-6-10(17)7-5-9/h2-8,17H,1H3,(H,14,15)(H,16,18). The highest BCUT2D eigenvalue weighted by atomic mass is 16.3. The Bertz CT molecular complexity index is 552. The maximum Gasteiger partial charge on any atom is 0.259 e. The zero-order valence-electron chi connectivity index (χ0n) is 9.84. The molecule has 2 rings (SSSR count). The van der Waals surface area contributed by atoms with Gasteiger partial charge in [0, 0.05) is 18.9 Å². The number of nitrogens with zero attached hydrogens (tertiary/aromatic N) is 1. The first-order chi connectivity index (χ1) is 8.70. The van der Waals surface area contributed by atoms with Crippen LogP contribution in [-0.4, -0.2) is 23.0 Å². The SMILES string of the molecule is CNc1ncccc1C(=O)Nc1ccc(O)cc1. The van der Waals surface area contributed by atoms with Gasteiger partial charge >= 0.3 is 0 Å². The van der Waals surface area contributed by atoms with Crippen molar-refractivity contribution in [2.75, 3.05) is 17.7 Å². The molecule has 18 heavy (non-hydrogen) atoms. The van der Waals surface area contributed by atoms with E-state index in [4.69, 9.17) is 5.11 Å². The lowest BCUT2D eigenvalue weighted by atomic mass is 10.2. The van der Waals surface area contributed by atoms with E-state index in [1.807, 2.05) is 0 Å². The van der Waals surface area contributed by atoms with Crippen LogP contribution in [-0.2, 0) is 0 Å². The number of benzene rings is 1. The van der Waals surface area contributed by atoms with Gasteiger partial charge in [-0.2, -0.15) is 0 Å². The fourth-order valence-corrected chi connectivity index (χ4v) is 1.53. The van der Waals surface area contributed by atoms with E-state index in [2.05, 4.69) is 15.6 Å². The number of amides is 1. The normalized spacial score (nSPS) is 9.83. The molecular formula is C13H13N3O2. The van der Waals surface area contributed by atoms with Gasteiger partial charge in [-0.15, -0.1) is 0 Å². The summed E-state index contributed by atoms with van der Waals surface area (Å²) in [5.41, 5.74) is 1.08. The summed E-state index contributed by atoms with van der Waals surface area (Å²) in [5, 5.41) is 14.7. The van der Waals surface area contributed by atoms with Crippen molar-refractivity contribution >= 4 is 17.4 Å². The van der Waals surface area contributed by atoms with Gasteiger partial charge in [0.05, 0.1) is 5.56 Å². The van der Waals surface area contributed by atoms with Crippen LogP contribution in [0.4, 0.5) is 11.5 Å². The third kappa shape index (κ3) is 2.57. The predicted octanol–water partition coefficient (Wildman–Crippen LogP) is 2.08. The van der Waals surface area contributed by atoms with Crippen molar-refractivity contribution in [2.45, 2.75) is 0 Å². The van der Waals surface area contributed by atoms with E-state index in [0.29, 0.717) is 17.1 Å². The third-order valence-corrected chi connectivity index (χ3v) is 2.41. The van der Waals surface area contributed by atoms with Gasteiger partial charge in [0.15, 0.2) is 0 Å². The lowest BCUT2D eigenvalue weighted by Gasteiger charge is -2.08. The topological polar surface area (TPSA) is 74.2 Å². The predicted molar refractivity (Wildman–Crippen MR) is 69.8 cm³/mol. The van der Waals surface area contributed by atoms with Gasteiger partial charge in [-0.3, -0.25) is 4.79 Å². The first-order valence-corrected chi connectivity index (χ1v) is 5.44. The van der Waals surface area contributed by atoms with Crippen LogP contribution in [0.15, 0.2) is 42.6 Å². The maximum absolute atomic E-state index is 12.0. The molecule has 0 fully saturated rings. The first kappa shape index (κ1) is 11.9. The van der Waals surface area contributed by atoms with Crippen LogP contribution in [0.1, 0.15) is 10.4 Å². The van der Waals surface area contributed by atoms with E-state index in [-0.39, 0.29) is 11.7 Å². The number of hydrogen-bond donors (Lipinski definition) is 3. The molecule has 0 saturated heterocycles. The molecular weight excluding hydrogens is 230 g/mol. The Hall–Kier alpha value is -2.56. The Balaban J connectivity index is 2.19. The summed E-state index contributed by atoms with van der Waals surface area (Å²) in [6, 6.07) is 9.67. The molecule has 1 heterocycles. The van der Waals surface area contributed by atoms with Crippen LogP contribution in [0, 0.1) is 0 Å². The minimum Gasteiger partial charge on any atom is -0.508 e. The molecule has 0 radical (unpaired) electrons. The number of pyridine rings is 1. The number of aromatic hydroxyl groups is 1. The van der Waals surface area contributed by atoms with Crippen LogP contribution >= 0.6 is 0 Å². The van der Waals surface area contributed by atoms with Crippen molar-refractivity contribution in [3.8, 4) is 5.75 Å². The monoisotopic (exact) mass is 243 g/mol. The van der Waals surface area contributed by atoms with Crippen molar-refractivity contribution in [3.63, 3.8) is 0 Å². The molecule has 0 atom stereocenters. The summed E-state index contributed by atoms with van der Waals surface area (Å²) >= 11 is 0. The quantitative estimate of drug-likeness (QED) is 0.721. The van der Waals surface area contributed by atoms with Gasteiger partial charge in [-0.1, -0.05) is 0 Å². The molecule has 5 nitrogen and oxygen atoms in total. The molecule has 0 bridgehead atoms. The number of carbonyl (C=O) groups is 1. The van der Waals surface area contributed by atoms with Crippen LogP contribution in [0.25, 0.3) is 0 Å². The van der Waals surface area contributed by atoms with Crippen molar-refractivity contribution in [3.05, 3.63) is 48.2 Å². The summed E-state index contributed by atoms with van der Waals surface area (Å²) in [6.07, 6.45) is 1.61. The lowest BCUT2D eigenvalue weighted by Crippen LogP contribution is -2.14. The highest BCUT2D eigenvalue weighted by Crippen LogP contribution is 2.16. The minimum absolute atomic E-state index is 0.158. The van der Waals surface area contributed by atoms with E-state index in [1.165, 1.54) is 12.1 Å². The van der Waals surface area contributed by atoms with Crippen molar-refractivity contribution in [2.24, 2.45) is 0 Å². The van der Waals surface area contributed by atoms with E-state index in [9.17, 15) is 4.79 Å². The number of carbonyl (C=O) groups excluding carboxylic acids is 1. The largest absolute Gasteiger partial charge is 0.508 e. The molecule has 92 valence electrons. The van der Waals surface area contributed by atoms with Crippen molar-refractivity contribution < 1.29 is 9.90 Å². The van der Waals surface area contributed by atoms with Crippen LogP contribution < -0.4 is 10.6 Å². The minimum atomic E-state index is -0.252. The Morgan fingerprint density at radius 1 is 1.22 bits per heavy atom. The van der Waals surface area contributed by atoms with Crippen LogP contribution in [0.5, 0.6) is 5.75 Å². The molecule has 1 amide bonds. The fourth-order valence-electron chi connectivity index (χ4n) is 1.53. The zero-order chi connectivity index (χ0) is 13.0. The number of aromatic nitrogens is 1. The van der Waals surface area contributed by atoms with Gasteiger partial charge in [0.25, 0.3) is 5.91 Å². The second kappa shape index (κ2) is 5.18. The van der Waals surface area contributed by atoms with Gasteiger partial charge in [0.2, 0.25) is 0 Å². The summed E-state index contributed by atoms with van der Waals surface area (Å²) in [6.45, 7) is 0. The number of nitrogens with one attached hydrogen (secondary N) is 2. The first-order valence-electron chi connectivity index (χ1n) is 5.44. The number of hydrogen-bond acceptors (Lipinski definition) is 4. The van der Waals surface area contributed by atoms with Gasteiger partial charge in [0.1, 0.15) is 11.6 Å². The smallest absolute Gasteiger partial charge is 0.259 e. The fraction of sp³-hybridized carbons (Fsp3) is 0.0769. The molecule has 0 unspecified atom stereocenters. The molecule has 1 aromatic heterocycles. The zero-order valence-corrected chi connectivity index (χ0v) is 9.84. The summed E-state index contributed by atoms with van der Waals surface area (Å²) in [4.78, 5) is 16.1.